The van der Waals surface area contributed by atoms with Crippen LogP contribution in [0.3, 0.4) is 0 Å². The summed E-state index contributed by atoms with van der Waals surface area (Å²) in [7, 11) is 1.61. The summed E-state index contributed by atoms with van der Waals surface area (Å²) in [4.78, 5) is 23.9. The molecular weight excluding hydrogens is 288 g/mol. The van der Waals surface area contributed by atoms with Crippen LogP contribution in [0.5, 0.6) is 5.75 Å². The molecule has 1 aromatic heterocycles. The Balaban J connectivity index is 1.73. The molecule has 0 saturated carbocycles. The molecule has 0 bridgehead atoms. The number of benzene rings is 1. The third-order valence-corrected chi connectivity index (χ3v) is 3.85. The molecule has 21 heavy (non-hydrogen) atoms. The molecule has 0 unspecified atom stereocenters. The Kier molecular flexibility index (Phi) is 5.51. The third-order valence-electron chi connectivity index (χ3n) is 2.94. The van der Waals surface area contributed by atoms with Crippen molar-refractivity contribution in [3.8, 4) is 5.75 Å². The van der Waals surface area contributed by atoms with Gasteiger partial charge in [0.15, 0.2) is 6.61 Å². The number of ether oxygens (including phenoxy) is 2. The Bertz CT molecular complexity index is 587. The molecule has 0 radical (unpaired) electrons. The summed E-state index contributed by atoms with van der Waals surface area (Å²) in [5.74, 6) is 0.251. The molecule has 0 amide bonds. The number of ketones is 1. The number of esters is 1. The number of Topliss-reactive ketones (excluding diaryl/α,β-unsaturated/α-hetero) is 1. The van der Waals surface area contributed by atoms with E-state index in [4.69, 9.17) is 9.47 Å². The minimum absolute atomic E-state index is 0.164. The Morgan fingerprint density at radius 1 is 1.14 bits per heavy atom. The van der Waals surface area contributed by atoms with Gasteiger partial charge in [-0.15, -0.1) is 11.3 Å². The predicted molar refractivity (Wildman–Crippen MR) is 80.9 cm³/mol. The molecule has 0 fully saturated rings. The van der Waals surface area contributed by atoms with E-state index in [1.54, 1.807) is 19.2 Å². The van der Waals surface area contributed by atoms with Crippen molar-refractivity contribution in [1.82, 2.24) is 0 Å². The first kappa shape index (κ1) is 15.3. The van der Waals surface area contributed by atoms with Crippen molar-refractivity contribution in [2.24, 2.45) is 0 Å². The summed E-state index contributed by atoms with van der Waals surface area (Å²) in [6, 6.07) is 11.0. The fourth-order valence-corrected chi connectivity index (χ4v) is 2.42. The molecule has 1 heterocycles. The predicted octanol–water partition coefficient (Wildman–Crippen LogP) is 3.12. The standard InChI is InChI=1S/C16H16O4S/c1-19-13-7-4-12(5-8-13)6-9-16(18)20-11-14(17)15-3-2-10-21-15/h2-5,7-8,10H,6,9,11H2,1H3. The first-order valence-electron chi connectivity index (χ1n) is 6.54. The number of hydrogen-bond acceptors (Lipinski definition) is 5. The Morgan fingerprint density at radius 2 is 1.90 bits per heavy atom. The van der Waals surface area contributed by atoms with Gasteiger partial charge in [-0.1, -0.05) is 18.2 Å². The van der Waals surface area contributed by atoms with Crippen molar-refractivity contribution in [3.05, 3.63) is 52.2 Å². The smallest absolute Gasteiger partial charge is 0.306 e. The molecular formula is C16H16O4S. The molecule has 2 rings (SSSR count). The summed E-state index contributed by atoms with van der Waals surface area (Å²) in [6.07, 6.45) is 0.833. The van der Waals surface area contributed by atoms with E-state index < -0.39 is 0 Å². The van der Waals surface area contributed by atoms with Gasteiger partial charge in [-0.25, -0.2) is 0 Å². The maximum atomic E-state index is 11.7. The Hall–Kier alpha value is -2.14. The Labute approximate surface area is 127 Å². The molecule has 0 saturated heterocycles. The first-order chi connectivity index (χ1) is 10.2. The monoisotopic (exact) mass is 304 g/mol. The minimum atomic E-state index is -0.365. The van der Waals surface area contributed by atoms with Gasteiger partial charge in [0, 0.05) is 6.42 Å². The number of carbonyl (C=O) groups is 2. The average molecular weight is 304 g/mol. The topological polar surface area (TPSA) is 52.6 Å². The average Bonchev–Trinajstić information content (AvgIpc) is 3.05. The van der Waals surface area contributed by atoms with E-state index in [0.29, 0.717) is 11.3 Å². The van der Waals surface area contributed by atoms with E-state index in [9.17, 15) is 9.59 Å². The zero-order valence-electron chi connectivity index (χ0n) is 11.7. The second-order valence-electron chi connectivity index (χ2n) is 4.41. The largest absolute Gasteiger partial charge is 0.497 e. The highest BCUT2D eigenvalue weighted by atomic mass is 32.1. The van der Waals surface area contributed by atoms with Gasteiger partial charge in [0.25, 0.3) is 0 Å². The van der Waals surface area contributed by atoms with Gasteiger partial charge in [0.05, 0.1) is 12.0 Å². The highest BCUT2D eigenvalue weighted by Crippen LogP contribution is 2.13. The van der Waals surface area contributed by atoms with Crippen LogP contribution >= 0.6 is 11.3 Å². The van der Waals surface area contributed by atoms with Crippen LogP contribution in [0.2, 0.25) is 0 Å². The fourth-order valence-electron chi connectivity index (χ4n) is 1.77. The van der Waals surface area contributed by atoms with Crippen LogP contribution in [-0.4, -0.2) is 25.5 Å². The molecule has 0 spiro atoms. The van der Waals surface area contributed by atoms with Crippen LogP contribution in [-0.2, 0) is 16.0 Å². The van der Waals surface area contributed by atoms with Crippen molar-refractivity contribution in [1.29, 1.82) is 0 Å². The second-order valence-corrected chi connectivity index (χ2v) is 5.36. The van der Waals surface area contributed by atoms with E-state index >= 15 is 0 Å². The SMILES string of the molecule is COc1ccc(CCC(=O)OCC(=O)c2cccs2)cc1. The fraction of sp³-hybridized carbons (Fsp3) is 0.250. The molecule has 1 aromatic carbocycles. The highest BCUT2D eigenvalue weighted by Gasteiger charge is 2.10. The number of methoxy groups -OCH3 is 1. The highest BCUT2D eigenvalue weighted by molar-refractivity contribution is 7.12. The molecule has 0 aliphatic carbocycles. The summed E-state index contributed by atoms with van der Waals surface area (Å²) in [5, 5.41) is 1.82. The Morgan fingerprint density at radius 3 is 2.52 bits per heavy atom. The van der Waals surface area contributed by atoms with Crippen molar-refractivity contribution >= 4 is 23.1 Å². The summed E-state index contributed by atoms with van der Waals surface area (Å²) < 4.78 is 10.1. The number of carbonyl (C=O) groups excluding carboxylic acids is 2. The maximum absolute atomic E-state index is 11.7. The first-order valence-corrected chi connectivity index (χ1v) is 7.42. The van der Waals surface area contributed by atoms with Crippen molar-refractivity contribution in [3.63, 3.8) is 0 Å². The summed E-state index contributed by atoms with van der Waals surface area (Å²) in [6.45, 7) is -0.193. The number of aryl methyl sites for hydroxylation is 1. The lowest BCUT2D eigenvalue weighted by atomic mass is 10.1. The maximum Gasteiger partial charge on any atom is 0.306 e. The molecule has 0 aliphatic heterocycles. The molecule has 0 aliphatic rings. The van der Waals surface area contributed by atoms with Gasteiger partial charge in [-0.3, -0.25) is 9.59 Å². The number of rotatable bonds is 7. The quantitative estimate of drug-likeness (QED) is 0.582. The van der Waals surface area contributed by atoms with Gasteiger partial charge in [-0.05, 0) is 35.6 Å². The van der Waals surface area contributed by atoms with Gasteiger partial charge in [0.1, 0.15) is 5.75 Å². The third kappa shape index (κ3) is 4.72. The van der Waals surface area contributed by atoms with E-state index in [1.165, 1.54) is 11.3 Å². The van der Waals surface area contributed by atoms with E-state index in [0.717, 1.165) is 11.3 Å². The van der Waals surface area contributed by atoms with Crippen molar-refractivity contribution in [2.45, 2.75) is 12.8 Å². The molecule has 5 heteroatoms. The molecule has 0 atom stereocenters. The van der Waals surface area contributed by atoms with Gasteiger partial charge >= 0.3 is 5.97 Å². The normalized spacial score (nSPS) is 10.1. The summed E-state index contributed by atoms with van der Waals surface area (Å²) in [5.41, 5.74) is 1.03. The second kappa shape index (κ2) is 7.59. The molecule has 0 N–H and O–H groups in total. The van der Waals surface area contributed by atoms with Crippen LogP contribution in [0.4, 0.5) is 0 Å². The van der Waals surface area contributed by atoms with Crippen molar-refractivity contribution < 1.29 is 19.1 Å². The van der Waals surface area contributed by atoms with Crippen LogP contribution in [0.1, 0.15) is 21.7 Å². The van der Waals surface area contributed by atoms with Crippen LogP contribution in [0, 0.1) is 0 Å². The van der Waals surface area contributed by atoms with E-state index in [-0.39, 0.29) is 24.8 Å². The van der Waals surface area contributed by atoms with Crippen LogP contribution in [0.15, 0.2) is 41.8 Å². The van der Waals surface area contributed by atoms with Gasteiger partial charge < -0.3 is 9.47 Å². The van der Waals surface area contributed by atoms with Crippen LogP contribution < -0.4 is 4.74 Å². The van der Waals surface area contributed by atoms with E-state index in [2.05, 4.69) is 0 Å². The minimum Gasteiger partial charge on any atom is -0.497 e. The lowest BCUT2D eigenvalue weighted by molar-refractivity contribution is -0.142. The van der Waals surface area contributed by atoms with E-state index in [1.807, 2.05) is 29.6 Å². The zero-order chi connectivity index (χ0) is 15.1. The number of thiophene rings is 1. The lowest BCUT2D eigenvalue weighted by Gasteiger charge is -2.04. The molecule has 2 aromatic rings. The van der Waals surface area contributed by atoms with Crippen LogP contribution in [0.25, 0.3) is 0 Å². The van der Waals surface area contributed by atoms with Crippen molar-refractivity contribution in [2.75, 3.05) is 13.7 Å². The zero-order valence-corrected chi connectivity index (χ0v) is 12.5. The molecule has 110 valence electrons. The lowest BCUT2D eigenvalue weighted by Crippen LogP contribution is -2.13. The number of hydrogen-bond donors (Lipinski definition) is 0. The summed E-state index contributed by atoms with van der Waals surface area (Å²) >= 11 is 1.34. The molecule has 4 nitrogen and oxygen atoms in total. The van der Waals surface area contributed by atoms with Gasteiger partial charge in [0.2, 0.25) is 5.78 Å². The van der Waals surface area contributed by atoms with Gasteiger partial charge in [-0.2, -0.15) is 0 Å².